The molecule has 2 aliphatic rings. The number of aryl methyl sites for hydroxylation is 1. The fraction of sp³-hybridized carbons (Fsp3) is 0.500. The quantitative estimate of drug-likeness (QED) is 0.917. The lowest BCUT2D eigenvalue weighted by molar-refractivity contribution is -0.145. The number of carbonyl (C=O) groups is 2. The minimum Gasteiger partial charge on any atom is -0.481 e. The van der Waals surface area contributed by atoms with Crippen LogP contribution in [-0.2, 0) is 16.6 Å². The van der Waals surface area contributed by atoms with Crippen LogP contribution >= 0.6 is 0 Å². The number of carboxylic acid groups (broad SMARTS) is 1. The van der Waals surface area contributed by atoms with Gasteiger partial charge in [-0.25, -0.2) is 0 Å². The Morgan fingerprint density at radius 2 is 1.88 bits per heavy atom. The molecule has 138 valence electrons. The van der Waals surface area contributed by atoms with Gasteiger partial charge in [0.1, 0.15) is 0 Å². The monoisotopic (exact) mass is 356 g/mol. The molecule has 1 N–H and O–H groups in total. The van der Waals surface area contributed by atoms with Crippen molar-refractivity contribution in [2.45, 2.75) is 25.4 Å². The van der Waals surface area contributed by atoms with Crippen molar-refractivity contribution < 1.29 is 19.4 Å². The first-order valence-corrected chi connectivity index (χ1v) is 9.24. The van der Waals surface area contributed by atoms with E-state index in [1.165, 1.54) is 0 Å². The van der Waals surface area contributed by atoms with Crippen molar-refractivity contribution in [1.29, 1.82) is 0 Å². The predicted molar refractivity (Wildman–Crippen MR) is 97.0 cm³/mol. The van der Waals surface area contributed by atoms with Crippen LogP contribution in [0.4, 0.5) is 0 Å². The Balaban J connectivity index is 1.46. The number of aromatic nitrogens is 1. The molecule has 2 fully saturated rings. The summed E-state index contributed by atoms with van der Waals surface area (Å²) in [5.74, 6) is -0.889. The van der Waals surface area contributed by atoms with Crippen LogP contribution in [0.1, 0.15) is 29.6 Å². The van der Waals surface area contributed by atoms with Crippen molar-refractivity contribution in [1.82, 2.24) is 9.47 Å². The Morgan fingerprint density at radius 1 is 1.15 bits per heavy atom. The summed E-state index contributed by atoms with van der Waals surface area (Å²) in [7, 11) is 1.95. The number of ether oxygens (including phenoxy) is 1. The minimum atomic E-state index is -0.762. The number of hydrogen-bond acceptors (Lipinski definition) is 3. The number of likely N-dealkylation sites (tertiary alicyclic amines) is 1. The van der Waals surface area contributed by atoms with E-state index >= 15 is 0 Å². The fourth-order valence-corrected chi connectivity index (χ4v) is 4.45. The third-order valence-electron chi connectivity index (χ3n) is 5.87. The summed E-state index contributed by atoms with van der Waals surface area (Å²) in [6.07, 6.45) is 3.88. The fourth-order valence-electron chi connectivity index (χ4n) is 4.45. The highest BCUT2D eigenvalue weighted by molar-refractivity contribution is 6.07. The maximum Gasteiger partial charge on any atom is 0.309 e. The number of nitrogens with zero attached hydrogens (tertiary/aromatic N) is 2. The molecule has 1 unspecified atom stereocenters. The van der Waals surface area contributed by atoms with Crippen molar-refractivity contribution in [2.24, 2.45) is 18.9 Å². The largest absolute Gasteiger partial charge is 0.481 e. The average molecular weight is 356 g/mol. The van der Waals surface area contributed by atoms with Gasteiger partial charge in [-0.2, -0.15) is 0 Å². The van der Waals surface area contributed by atoms with Crippen molar-refractivity contribution >= 4 is 22.8 Å². The first-order chi connectivity index (χ1) is 12.6. The molecule has 1 amide bonds. The molecule has 0 radical (unpaired) electrons. The minimum absolute atomic E-state index is 0.0578. The number of rotatable bonds is 3. The molecular weight excluding hydrogens is 332 g/mol. The molecule has 2 atom stereocenters. The molecule has 0 saturated carbocycles. The smallest absolute Gasteiger partial charge is 0.309 e. The Labute approximate surface area is 152 Å². The van der Waals surface area contributed by atoms with E-state index in [-0.39, 0.29) is 17.9 Å². The van der Waals surface area contributed by atoms with E-state index in [0.717, 1.165) is 29.3 Å². The van der Waals surface area contributed by atoms with Crippen LogP contribution in [0.2, 0.25) is 0 Å². The Morgan fingerprint density at radius 3 is 2.62 bits per heavy atom. The molecule has 3 heterocycles. The predicted octanol–water partition coefficient (Wildman–Crippen LogP) is 2.52. The summed E-state index contributed by atoms with van der Waals surface area (Å²) in [5.41, 5.74) is 1.79. The normalized spacial score (nSPS) is 24.3. The van der Waals surface area contributed by atoms with Crippen molar-refractivity contribution in [3.05, 3.63) is 36.0 Å². The van der Waals surface area contributed by atoms with Gasteiger partial charge in [0.05, 0.1) is 17.6 Å². The van der Waals surface area contributed by atoms with Gasteiger partial charge in [-0.1, -0.05) is 18.2 Å². The maximum atomic E-state index is 13.0. The Bertz CT molecular complexity index is 835. The number of benzene rings is 1. The van der Waals surface area contributed by atoms with Gasteiger partial charge >= 0.3 is 5.97 Å². The van der Waals surface area contributed by atoms with Crippen LogP contribution < -0.4 is 0 Å². The summed E-state index contributed by atoms with van der Waals surface area (Å²) in [6, 6.07) is 7.93. The van der Waals surface area contributed by atoms with Gasteiger partial charge in [0.2, 0.25) is 0 Å². The molecule has 6 heteroatoms. The summed E-state index contributed by atoms with van der Waals surface area (Å²) in [5, 5.41) is 10.3. The molecule has 0 aliphatic carbocycles. The van der Waals surface area contributed by atoms with Crippen LogP contribution in [0.15, 0.2) is 30.5 Å². The van der Waals surface area contributed by atoms with Gasteiger partial charge in [-0.3, -0.25) is 9.59 Å². The lowest BCUT2D eigenvalue weighted by Gasteiger charge is -2.35. The zero-order valence-corrected chi connectivity index (χ0v) is 14.9. The molecule has 1 aromatic carbocycles. The standard InChI is InChI=1S/C20H24N2O4/c1-21-12-16(14-4-2-3-5-17(14)21)19(23)22-9-6-13(7-10-22)18-15(20(24)25)8-11-26-18/h2-5,12-13,15,18H,6-11H2,1H3,(H,24,25)/t15?,18-/m0/s1. The highest BCUT2D eigenvalue weighted by Crippen LogP contribution is 2.34. The van der Waals surface area contributed by atoms with Crippen LogP contribution in [0.5, 0.6) is 0 Å². The molecule has 2 saturated heterocycles. The SMILES string of the molecule is Cn1cc(C(=O)N2CCC([C@@H]3OCCC3C(=O)O)CC2)c2ccccc21. The van der Waals surface area contributed by atoms with Gasteiger partial charge in [-0.15, -0.1) is 0 Å². The first-order valence-electron chi connectivity index (χ1n) is 9.24. The van der Waals surface area contributed by atoms with Gasteiger partial charge in [0, 0.05) is 43.8 Å². The second-order valence-corrected chi connectivity index (χ2v) is 7.37. The maximum absolute atomic E-state index is 13.0. The number of fused-ring (bicyclic) bond motifs is 1. The van der Waals surface area contributed by atoms with Crippen LogP contribution in [0.25, 0.3) is 10.9 Å². The molecule has 0 bridgehead atoms. The number of hydrogen-bond donors (Lipinski definition) is 1. The third-order valence-corrected chi connectivity index (χ3v) is 5.87. The van der Waals surface area contributed by atoms with Gasteiger partial charge in [0.15, 0.2) is 0 Å². The second kappa shape index (κ2) is 6.76. The average Bonchev–Trinajstić information content (AvgIpc) is 3.27. The molecule has 0 spiro atoms. The van der Waals surface area contributed by atoms with Crippen molar-refractivity contribution in [3.8, 4) is 0 Å². The summed E-state index contributed by atoms with van der Waals surface area (Å²) in [4.78, 5) is 26.3. The molecule has 6 nitrogen and oxygen atoms in total. The number of aliphatic carboxylic acids is 1. The van der Waals surface area contributed by atoms with Crippen LogP contribution in [0, 0.1) is 11.8 Å². The van der Waals surface area contributed by atoms with E-state index in [1.54, 1.807) is 0 Å². The highest BCUT2D eigenvalue weighted by atomic mass is 16.5. The third kappa shape index (κ3) is 2.88. The molecule has 26 heavy (non-hydrogen) atoms. The molecule has 2 aliphatic heterocycles. The Kier molecular flexibility index (Phi) is 4.44. The number of piperidine rings is 1. The van der Waals surface area contributed by atoms with Crippen molar-refractivity contribution in [2.75, 3.05) is 19.7 Å². The molecule has 2 aromatic rings. The zero-order chi connectivity index (χ0) is 18.3. The number of carbonyl (C=O) groups excluding carboxylic acids is 1. The second-order valence-electron chi connectivity index (χ2n) is 7.37. The highest BCUT2D eigenvalue weighted by Gasteiger charge is 2.41. The van der Waals surface area contributed by atoms with E-state index in [0.29, 0.717) is 26.1 Å². The number of para-hydroxylation sites is 1. The van der Waals surface area contributed by atoms with Crippen LogP contribution in [0.3, 0.4) is 0 Å². The van der Waals surface area contributed by atoms with E-state index in [2.05, 4.69) is 0 Å². The van der Waals surface area contributed by atoms with E-state index in [1.807, 2.05) is 47.0 Å². The van der Waals surface area contributed by atoms with Gasteiger partial charge < -0.3 is 19.3 Å². The summed E-state index contributed by atoms with van der Waals surface area (Å²) in [6.45, 7) is 1.83. The summed E-state index contributed by atoms with van der Waals surface area (Å²) >= 11 is 0. The van der Waals surface area contributed by atoms with E-state index < -0.39 is 11.9 Å². The van der Waals surface area contributed by atoms with Gasteiger partial charge in [0.25, 0.3) is 5.91 Å². The van der Waals surface area contributed by atoms with E-state index in [4.69, 9.17) is 4.74 Å². The summed E-state index contributed by atoms with van der Waals surface area (Å²) < 4.78 is 7.71. The van der Waals surface area contributed by atoms with E-state index in [9.17, 15) is 14.7 Å². The lowest BCUT2D eigenvalue weighted by atomic mass is 9.84. The lowest BCUT2D eigenvalue weighted by Crippen LogP contribution is -2.43. The topological polar surface area (TPSA) is 71.8 Å². The number of carboxylic acids is 1. The van der Waals surface area contributed by atoms with Gasteiger partial charge in [-0.05, 0) is 31.2 Å². The number of amides is 1. The molecule has 4 rings (SSSR count). The first kappa shape index (κ1) is 17.1. The Hall–Kier alpha value is -2.34. The van der Waals surface area contributed by atoms with Crippen LogP contribution in [-0.4, -0.2) is 52.3 Å². The zero-order valence-electron chi connectivity index (χ0n) is 14.9. The molecule has 1 aromatic heterocycles. The molecular formula is C20H24N2O4. The van der Waals surface area contributed by atoms with Crippen molar-refractivity contribution in [3.63, 3.8) is 0 Å².